The number of amides is 3. The predicted molar refractivity (Wildman–Crippen MR) is 126 cm³/mol. The van der Waals surface area contributed by atoms with E-state index < -0.39 is 17.1 Å². The molecule has 2 aromatic rings. The molecule has 0 aliphatic carbocycles. The summed E-state index contributed by atoms with van der Waals surface area (Å²) in [7, 11) is 1.54. The van der Waals surface area contributed by atoms with Crippen molar-refractivity contribution in [3.05, 3.63) is 58.5 Å². The molecule has 0 bridgehead atoms. The van der Waals surface area contributed by atoms with Crippen LogP contribution in [0.4, 0.5) is 10.5 Å². The summed E-state index contributed by atoms with van der Waals surface area (Å²) in [4.78, 5) is 38.8. The van der Waals surface area contributed by atoms with E-state index in [1.165, 1.54) is 0 Å². The molecule has 168 valence electrons. The maximum atomic E-state index is 12.9. The molecule has 0 unspecified atom stereocenters. The van der Waals surface area contributed by atoms with Crippen molar-refractivity contribution >= 4 is 40.6 Å². The fraction of sp³-hybridized carbons (Fsp3) is 0.292. The number of nitrogens with zero attached hydrogens (tertiary/aromatic N) is 1. The van der Waals surface area contributed by atoms with Crippen LogP contribution in [0.5, 0.6) is 11.5 Å². The van der Waals surface area contributed by atoms with Crippen molar-refractivity contribution in [3.8, 4) is 11.5 Å². The van der Waals surface area contributed by atoms with Gasteiger partial charge in [0.1, 0.15) is 6.54 Å². The van der Waals surface area contributed by atoms with Gasteiger partial charge in [-0.15, -0.1) is 0 Å². The zero-order chi connectivity index (χ0) is 23.3. The molecule has 0 radical (unpaired) electrons. The van der Waals surface area contributed by atoms with Gasteiger partial charge >= 0.3 is 0 Å². The van der Waals surface area contributed by atoms with Crippen LogP contribution in [-0.2, 0) is 9.59 Å². The average molecular weight is 455 g/mol. The van der Waals surface area contributed by atoms with Crippen LogP contribution in [0.15, 0.2) is 47.4 Å². The van der Waals surface area contributed by atoms with E-state index in [0.717, 1.165) is 28.6 Å². The molecule has 0 saturated carbocycles. The van der Waals surface area contributed by atoms with Gasteiger partial charge in [-0.2, -0.15) is 0 Å². The third kappa shape index (κ3) is 5.50. The minimum atomic E-state index is -0.517. The number of carbonyl (C=O) groups excluding carboxylic acids is 3. The van der Waals surface area contributed by atoms with Crippen molar-refractivity contribution in [2.24, 2.45) is 0 Å². The number of imide groups is 1. The lowest BCUT2D eigenvalue weighted by atomic mass is 10.1. The summed E-state index contributed by atoms with van der Waals surface area (Å²) in [6.45, 7) is 5.54. The topological polar surface area (TPSA) is 84.9 Å². The van der Waals surface area contributed by atoms with Crippen LogP contribution in [-0.4, -0.2) is 41.7 Å². The maximum Gasteiger partial charge on any atom is 0.294 e. The molecule has 1 aliphatic rings. The number of hydrogen-bond acceptors (Lipinski definition) is 6. The van der Waals surface area contributed by atoms with Crippen LogP contribution in [0.2, 0.25) is 0 Å². The van der Waals surface area contributed by atoms with Gasteiger partial charge in [0.2, 0.25) is 5.91 Å². The van der Waals surface area contributed by atoms with E-state index in [1.54, 1.807) is 43.5 Å². The Balaban J connectivity index is 1.78. The quantitative estimate of drug-likeness (QED) is 0.574. The highest BCUT2D eigenvalue weighted by atomic mass is 32.2. The molecule has 0 aromatic heterocycles. The molecule has 1 fully saturated rings. The Morgan fingerprint density at radius 3 is 2.56 bits per heavy atom. The minimum Gasteiger partial charge on any atom is -0.493 e. The van der Waals surface area contributed by atoms with Crippen molar-refractivity contribution in [2.75, 3.05) is 19.0 Å². The summed E-state index contributed by atoms with van der Waals surface area (Å²) in [5, 5.41) is 2.21. The van der Waals surface area contributed by atoms with Gasteiger partial charge in [-0.25, -0.2) is 0 Å². The van der Waals surface area contributed by atoms with Crippen molar-refractivity contribution in [1.82, 2.24) is 4.90 Å². The normalized spacial score (nSPS) is 15.8. The lowest BCUT2D eigenvalue weighted by Gasteiger charge is -2.17. The number of ether oxygens (including phenoxy) is 2. The molecule has 2 aromatic carbocycles. The Kier molecular flexibility index (Phi) is 7.58. The third-order valence-electron chi connectivity index (χ3n) is 4.92. The van der Waals surface area contributed by atoms with E-state index in [1.807, 2.05) is 32.9 Å². The number of thioether (sulfide) groups is 1. The van der Waals surface area contributed by atoms with Crippen molar-refractivity contribution in [1.29, 1.82) is 0 Å². The molecule has 1 saturated heterocycles. The molecule has 0 spiro atoms. The first-order valence-corrected chi connectivity index (χ1v) is 11.1. The number of aryl methyl sites for hydroxylation is 1. The molecule has 1 atom stereocenters. The van der Waals surface area contributed by atoms with Gasteiger partial charge in [0, 0.05) is 11.3 Å². The fourth-order valence-corrected chi connectivity index (χ4v) is 3.81. The summed E-state index contributed by atoms with van der Waals surface area (Å²) in [5.74, 6) is 0.0833. The van der Waals surface area contributed by atoms with E-state index in [2.05, 4.69) is 5.32 Å². The second-order valence-corrected chi connectivity index (χ2v) is 8.39. The number of rotatable bonds is 8. The number of para-hydroxylation sites is 1. The van der Waals surface area contributed by atoms with Gasteiger partial charge in [-0.3, -0.25) is 19.3 Å². The van der Waals surface area contributed by atoms with E-state index in [4.69, 9.17) is 9.47 Å². The zero-order valence-electron chi connectivity index (χ0n) is 18.5. The van der Waals surface area contributed by atoms with Crippen molar-refractivity contribution < 1.29 is 23.9 Å². The monoisotopic (exact) mass is 454 g/mol. The van der Waals surface area contributed by atoms with Crippen molar-refractivity contribution in [2.45, 2.75) is 33.3 Å². The van der Waals surface area contributed by atoms with Crippen LogP contribution in [0, 0.1) is 6.92 Å². The van der Waals surface area contributed by atoms with E-state index in [-0.39, 0.29) is 17.6 Å². The largest absolute Gasteiger partial charge is 0.493 e. The fourth-order valence-electron chi connectivity index (χ4n) is 2.98. The first-order chi connectivity index (χ1) is 15.3. The molecule has 1 heterocycles. The highest BCUT2D eigenvalue weighted by Gasteiger charge is 2.36. The number of methoxy groups -OCH3 is 1. The summed E-state index contributed by atoms with van der Waals surface area (Å²) in [6.07, 6.45) is 2.34. The first kappa shape index (κ1) is 23.4. The number of carbonyl (C=O) groups is 3. The third-order valence-corrected chi connectivity index (χ3v) is 5.83. The summed E-state index contributed by atoms with van der Waals surface area (Å²) in [6, 6.07) is 12.6. The second kappa shape index (κ2) is 10.4. The second-order valence-electron chi connectivity index (χ2n) is 7.40. The highest BCUT2D eigenvalue weighted by molar-refractivity contribution is 8.18. The predicted octanol–water partition coefficient (Wildman–Crippen LogP) is 4.86. The van der Waals surface area contributed by atoms with Crippen LogP contribution in [0.3, 0.4) is 0 Å². The molecule has 8 heteroatoms. The Morgan fingerprint density at radius 1 is 1.19 bits per heavy atom. The minimum absolute atomic E-state index is 0.0565. The molecule has 3 rings (SSSR count). The van der Waals surface area contributed by atoms with Crippen molar-refractivity contribution in [3.63, 3.8) is 0 Å². The molecule has 32 heavy (non-hydrogen) atoms. The molecule has 1 aliphatic heterocycles. The van der Waals surface area contributed by atoms with Gasteiger partial charge in [0.05, 0.1) is 18.1 Å². The van der Waals surface area contributed by atoms with Crippen LogP contribution >= 0.6 is 11.8 Å². The zero-order valence-corrected chi connectivity index (χ0v) is 19.3. The smallest absolute Gasteiger partial charge is 0.294 e. The SMILES string of the molecule is CC[C@H](C)Oc1c(/C=C2\SC(=O)N(CC(=O)Nc3ccc(C)cc3)C2=O)cccc1OC. The summed E-state index contributed by atoms with van der Waals surface area (Å²) in [5.41, 5.74) is 2.29. The molecular weight excluding hydrogens is 428 g/mol. The maximum absolute atomic E-state index is 12.9. The Bertz CT molecular complexity index is 1050. The van der Waals surface area contributed by atoms with Gasteiger partial charge in [-0.05, 0) is 56.3 Å². The van der Waals surface area contributed by atoms with E-state index in [9.17, 15) is 14.4 Å². The number of nitrogens with one attached hydrogen (secondary N) is 1. The van der Waals surface area contributed by atoms with Gasteiger partial charge in [0.15, 0.2) is 11.5 Å². The lowest BCUT2D eigenvalue weighted by molar-refractivity contribution is -0.127. The standard InChI is InChI=1S/C24H26N2O5S/c1-5-16(3)31-22-17(7-6-8-19(22)30-4)13-20-23(28)26(24(29)32-20)14-21(27)25-18-11-9-15(2)10-12-18/h6-13,16H,5,14H2,1-4H3,(H,25,27)/b20-13-/t16-/m0/s1. The van der Waals surface area contributed by atoms with E-state index in [0.29, 0.717) is 22.7 Å². The van der Waals surface area contributed by atoms with Crippen LogP contribution < -0.4 is 14.8 Å². The molecule has 3 amide bonds. The van der Waals surface area contributed by atoms with Gasteiger partial charge in [-0.1, -0.05) is 36.8 Å². The number of benzene rings is 2. The highest BCUT2D eigenvalue weighted by Crippen LogP contribution is 2.38. The molecule has 1 N–H and O–H groups in total. The Labute approximate surface area is 191 Å². The summed E-state index contributed by atoms with van der Waals surface area (Å²) < 4.78 is 11.4. The molecular formula is C24H26N2O5S. The first-order valence-electron chi connectivity index (χ1n) is 10.3. The number of hydrogen-bond donors (Lipinski definition) is 1. The Morgan fingerprint density at radius 2 is 1.91 bits per heavy atom. The van der Waals surface area contributed by atoms with Gasteiger partial charge < -0.3 is 14.8 Å². The molecule has 7 nitrogen and oxygen atoms in total. The average Bonchev–Trinajstić information content (AvgIpc) is 3.03. The Hall–Kier alpha value is -3.26. The van der Waals surface area contributed by atoms with Crippen LogP contribution in [0.1, 0.15) is 31.4 Å². The van der Waals surface area contributed by atoms with Crippen LogP contribution in [0.25, 0.3) is 6.08 Å². The van der Waals surface area contributed by atoms with Gasteiger partial charge in [0.25, 0.3) is 11.1 Å². The summed E-state index contributed by atoms with van der Waals surface area (Å²) >= 11 is 0.796. The van der Waals surface area contributed by atoms with E-state index >= 15 is 0 Å². The lowest BCUT2D eigenvalue weighted by Crippen LogP contribution is -2.36. The number of anilines is 1.